The Hall–Kier alpha value is -2.42. The molecule has 1 heterocycles. The summed E-state index contributed by atoms with van der Waals surface area (Å²) in [5.74, 6) is -0.203. The quantitative estimate of drug-likeness (QED) is 0.583. The summed E-state index contributed by atoms with van der Waals surface area (Å²) < 4.78 is 33.0. The molecule has 0 bridgehead atoms. The SMILES string of the molecule is CCN(CCCNC(=O)c1ccc(S(=O)(=O)N2CC(C)OC(C)C2)cc1)c1ccccc1. The minimum atomic E-state index is -3.61. The standard InChI is InChI=1S/C24H33N3O4S/c1-4-26(22-9-6-5-7-10-22)16-8-15-25-24(28)21-11-13-23(14-12-21)32(29,30)27-17-19(2)31-20(3)18-27/h5-7,9-14,19-20H,4,8,15-18H2,1-3H3,(H,25,28). The first kappa shape index (κ1) is 24.2. The highest BCUT2D eigenvalue weighted by molar-refractivity contribution is 7.89. The minimum absolute atomic E-state index is 0.149. The second-order valence-corrected chi connectivity index (χ2v) is 10.1. The number of anilines is 1. The van der Waals surface area contributed by atoms with Gasteiger partial charge in [-0.05, 0) is 63.6 Å². The third-order valence-corrected chi connectivity index (χ3v) is 7.38. The van der Waals surface area contributed by atoms with E-state index in [1.807, 2.05) is 32.0 Å². The molecule has 2 unspecified atom stereocenters. The molecule has 1 amide bonds. The number of para-hydroxylation sites is 1. The summed E-state index contributed by atoms with van der Waals surface area (Å²) in [4.78, 5) is 14.9. The molecule has 0 radical (unpaired) electrons. The van der Waals surface area contributed by atoms with Crippen LogP contribution in [0.4, 0.5) is 5.69 Å². The Kier molecular flexibility index (Phi) is 8.28. The van der Waals surface area contributed by atoms with E-state index in [0.29, 0.717) is 25.2 Å². The second-order valence-electron chi connectivity index (χ2n) is 8.13. The van der Waals surface area contributed by atoms with Gasteiger partial charge in [0.25, 0.3) is 5.91 Å². The number of nitrogens with zero attached hydrogens (tertiary/aromatic N) is 2. The molecular weight excluding hydrogens is 426 g/mol. The van der Waals surface area contributed by atoms with Crippen molar-refractivity contribution in [2.45, 2.75) is 44.3 Å². The van der Waals surface area contributed by atoms with E-state index in [1.54, 1.807) is 12.1 Å². The number of sulfonamides is 1. The molecule has 32 heavy (non-hydrogen) atoms. The summed E-state index contributed by atoms with van der Waals surface area (Å²) in [5.41, 5.74) is 1.62. The lowest BCUT2D eigenvalue weighted by atomic mass is 10.2. The predicted octanol–water partition coefficient (Wildman–Crippen LogP) is 3.13. The molecule has 0 aromatic heterocycles. The van der Waals surface area contributed by atoms with Crippen molar-refractivity contribution in [3.8, 4) is 0 Å². The minimum Gasteiger partial charge on any atom is -0.373 e. The number of benzene rings is 2. The first-order valence-corrected chi connectivity index (χ1v) is 12.6. The second kappa shape index (κ2) is 10.9. The number of ether oxygens (including phenoxy) is 1. The van der Waals surface area contributed by atoms with E-state index in [1.165, 1.54) is 22.1 Å². The normalized spacial score (nSPS) is 19.5. The fourth-order valence-electron chi connectivity index (χ4n) is 3.94. The molecule has 7 nitrogen and oxygen atoms in total. The van der Waals surface area contributed by atoms with Gasteiger partial charge in [-0.1, -0.05) is 18.2 Å². The van der Waals surface area contributed by atoms with Crippen LogP contribution in [0.15, 0.2) is 59.5 Å². The zero-order chi connectivity index (χ0) is 23.1. The van der Waals surface area contributed by atoms with Crippen molar-refractivity contribution in [3.05, 3.63) is 60.2 Å². The topological polar surface area (TPSA) is 79.0 Å². The summed E-state index contributed by atoms with van der Waals surface area (Å²) in [7, 11) is -3.61. The number of rotatable bonds is 9. The Labute approximate surface area is 191 Å². The maximum Gasteiger partial charge on any atom is 0.251 e. The van der Waals surface area contributed by atoms with Gasteiger partial charge in [0.2, 0.25) is 10.0 Å². The molecule has 1 saturated heterocycles. The van der Waals surface area contributed by atoms with Crippen molar-refractivity contribution >= 4 is 21.6 Å². The molecule has 0 aliphatic carbocycles. The Morgan fingerprint density at radius 1 is 1.06 bits per heavy atom. The van der Waals surface area contributed by atoms with Crippen molar-refractivity contribution in [2.24, 2.45) is 0 Å². The number of amides is 1. The van der Waals surface area contributed by atoms with Crippen LogP contribution in [0.1, 0.15) is 37.6 Å². The van der Waals surface area contributed by atoms with Crippen molar-refractivity contribution in [1.82, 2.24) is 9.62 Å². The van der Waals surface area contributed by atoms with Crippen LogP contribution in [-0.2, 0) is 14.8 Å². The Balaban J connectivity index is 1.52. The fourth-order valence-corrected chi connectivity index (χ4v) is 5.53. The number of morpholine rings is 1. The average Bonchev–Trinajstić information content (AvgIpc) is 2.79. The molecular formula is C24H33N3O4S. The smallest absolute Gasteiger partial charge is 0.251 e. The van der Waals surface area contributed by atoms with Crippen LogP contribution in [0.5, 0.6) is 0 Å². The van der Waals surface area contributed by atoms with Crippen LogP contribution >= 0.6 is 0 Å². The van der Waals surface area contributed by atoms with E-state index in [4.69, 9.17) is 4.74 Å². The summed E-state index contributed by atoms with van der Waals surface area (Å²) in [6, 6.07) is 16.3. The number of hydrogen-bond donors (Lipinski definition) is 1. The molecule has 2 aromatic carbocycles. The molecule has 2 aromatic rings. The molecule has 2 atom stereocenters. The first-order valence-electron chi connectivity index (χ1n) is 11.1. The van der Waals surface area contributed by atoms with Crippen LogP contribution in [-0.4, -0.2) is 63.6 Å². The summed E-state index contributed by atoms with van der Waals surface area (Å²) >= 11 is 0. The lowest BCUT2D eigenvalue weighted by Crippen LogP contribution is -2.48. The third kappa shape index (κ3) is 6.09. The molecule has 174 valence electrons. The average molecular weight is 460 g/mol. The summed E-state index contributed by atoms with van der Waals surface area (Å²) in [6.07, 6.45) is 0.516. The van der Waals surface area contributed by atoms with Crippen LogP contribution < -0.4 is 10.2 Å². The van der Waals surface area contributed by atoms with E-state index in [-0.39, 0.29) is 23.0 Å². The molecule has 0 saturated carbocycles. The Morgan fingerprint density at radius 2 is 1.69 bits per heavy atom. The number of hydrogen-bond acceptors (Lipinski definition) is 5. The van der Waals surface area contributed by atoms with E-state index in [2.05, 4.69) is 29.3 Å². The lowest BCUT2D eigenvalue weighted by molar-refractivity contribution is -0.0440. The van der Waals surface area contributed by atoms with Crippen LogP contribution in [0.2, 0.25) is 0 Å². The molecule has 0 spiro atoms. The highest BCUT2D eigenvalue weighted by atomic mass is 32.2. The number of carbonyl (C=O) groups excluding carboxylic acids is 1. The van der Waals surface area contributed by atoms with Gasteiger partial charge in [0.15, 0.2) is 0 Å². The van der Waals surface area contributed by atoms with Gasteiger partial charge in [-0.2, -0.15) is 4.31 Å². The lowest BCUT2D eigenvalue weighted by Gasteiger charge is -2.34. The summed E-state index contributed by atoms with van der Waals surface area (Å²) in [5, 5.41) is 2.92. The first-order chi connectivity index (χ1) is 15.3. The van der Waals surface area contributed by atoms with E-state index in [0.717, 1.165) is 19.5 Å². The molecule has 1 aliphatic rings. The monoisotopic (exact) mass is 459 g/mol. The fraction of sp³-hybridized carbons (Fsp3) is 0.458. The van der Waals surface area contributed by atoms with Crippen molar-refractivity contribution in [3.63, 3.8) is 0 Å². The molecule has 1 fully saturated rings. The zero-order valence-electron chi connectivity index (χ0n) is 19.0. The highest BCUT2D eigenvalue weighted by Gasteiger charge is 2.32. The van der Waals surface area contributed by atoms with Gasteiger partial charge in [-0.3, -0.25) is 4.79 Å². The van der Waals surface area contributed by atoms with Crippen LogP contribution in [0.3, 0.4) is 0 Å². The van der Waals surface area contributed by atoms with Gasteiger partial charge in [0, 0.05) is 44.0 Å². The van der Waals surface area contributed by atoms with Gasteiger partial charge < -0.3 is 15.0 Å². The third-order valence-electron chi connectivity index (χ3n) is 5.53. The number of carbonyl (C=O) groups is 1. The van der Waals surface area contributed by atoms with Crippen LogP contribution in [0.25, 0.3) is 0 Å². The van der Waals surface area contributed by atoms with Crippen molar-refractivity contribution in [2.75, 3.05) is 37.6 Å². The van der Waals surface area contributed by atoms with Gasteiger partial charge >= 0.3 is 0 Å². The van der Waals surface area contributed by atoms with E-state index in [9.17, 15) is 13.2 Å². The predicted molar refractivity (Wildman–Crippen MR) is 126 cm³/mol. The maximum absolute atomic E-state index is 12.9. The molecule has 8 heteroatoms. The van der Waals surface area contributed by atoms with E-state index < -0.39 is 10.0 Å². The molecule has 1 aliphatic heterocycles. The Bertz CT molecular complexity index is 970. The number of nitrogens with one attached hydrogen (secondary N) is 1. The van der Waals surface area contributed by atoms with Gasteiger partial charge in [-0.15, -0.1) is 0 Å². The van der Waals surface area contributed by atoms with Gasteiger partial charge in [0.1, 0.15) is 0 Å². The summed E-state index contributed by atoms with van der Waals surface area (Å²) in [6.45, 7) is 8.78. The highest BCUT2D eigenvalue weighted by Crippen LogP contribution is 2.21. The molecule has 3 rings (SSSR count). The van der Waals surface area contributed by atoms with Gasteiger partial charge in [-0.25, -0.2) is 8.42 Å². The van der Waals surface area contributed by atoms with E-state index >= 15 is 0 Å². The largest absolute Gasteiger partial charge is 0.373 e. The zero-order valence-corrected chi connectivity index (χ0v) is 19.8. The van der Waals surface area contributed by atoms with Crippen LogP contribution in [0, 0.1) is 0 Å². The van der Waals surface area contributed by atoms with Gasteiger partial charge in [0.05, 0.1) is 17.1 Å². The maximum atomic E-state index is 12.9. The van der Waals surface area contributed by atoms with Crippen molar-refractivity contribution in [1.29, 1.82) is 0 Å². The molecule has 1 N–H and O–H groups in total. The Morgan fingerprint density at radius 3 is 2.28 bits per heavy atom. The van der Waals surface area contributed by atoms with Crippen molar-refractivity contribution < 1.29 is 17.9 Å².